The van der Waals surface area contributed by atoms with Crippen molar-refractivity contribution < 1.29 is 9.90 Å². The van der Waals surface area contributed by atoms with Gasteiger partial charge in [0.1, 0.15) is 5.75 Å². The lowest BCUT2D eigenvalue weighted by molar-refractivity contribution is -0.118. The molecule has 9 heteroatoms. The number of phenols is 1. The van der Waals surface area contributed by atoms with Crippen LogP contribution in [-0.4, -0.2) is 37.2 Å². The summed E-state index contributed by atoms with van der Waals surface area (Å²) < 4.78 is 2.19. The van der Waals surface area contributed by atoms with E-state index in [9.17, 15) is 9.90 Å². The minimum absolute atomic E-state index is 0.178. The Morgan fingerprint density at radius 2 is 1.82 bits per heavy atom. The largest absolute Gasteiger partial charge is 0.508 e. The van der Waals surface area contributed by atoms with E-state index in [1.165, 1.54) is 31.0 Å². The number of nitrogens with zero attached hydrogens (tertiary/aromatic N) is 4. The zero-order chi connectivity index (χ0) is 23.2. The number of carbonyl (C=O) groups is 1. The average molecular weight is 484 g/mol. The van der Waals surface area contributed by atoms with E-state index in [0.29, 0.717) is 16.8 Å². The van der Waals surface area contributed by atoms with E-state index in [-0.39, 0.29) is 17.4 Å². The molecule has 0 spiro atoms. The summed E-state index contributed by atoms with van der Waals surface area (Å²) in [6.45, 7) is 1.80. The molecule has 33 heavy (non-hydrogen) atoms. The van der Waals surface area contributed by atoms with E-state index in [1.54, 1.807) is 31.2 Å². The molecule has 1 aromatic heterocycles. The van der Waals surface area contributed by atoms with E-state index in [4.69, 9.17) is 11.6 Å². The Balaban J connectivity index is 1.47. The predicted octanol–water partition coefficient (Wildman–Crippen LogP) is 5.44. The van der Waals surface area contributed by atoms with Crippen molar-refractivity contribution in [3.8, 4) is 17.1 Å². The summed E-state index contributed by atoms with van der Waals surface area (Å²) in [7, 11) is 0. The molecule has 172 valence electrons. The third-order valence-electron chi connectivity index (χ3n) is 5.67. The molecule has 0 aliphatic heterocycles. The van der Waals surface area contributed by atoms with E-state index in [2.05, 4.69) is 25.3 Å². The zero-order valence-corrected chi connectivity index (χ0v) is 19.9. The number of thioether (sulfide) groups is 1. The van der Waals surface area contributed by atoms with Crippen LogP contribution in [0.3, 0.4) is 0 Å². The highest BCUT2D eigenvalue weighted by Gasteiger charge is 2.24. The summed E-state index contributed by atoms with van der Waals surface area (Å²) in [5, 5.41) is 23.9. The van der Waals surface area contributed by atoms with E-state index in [0.717, 1.165) is 34.9 Å². The molecule has 0 bridgehead atoms. The number of aromatic nitrogens is 3. The number of halogens is 1. The van der Waals surface area contributed by atoms with Crippen LogP contribution in [0.2, 0.25) is 5.02 Å². The predicted molar refractivity (Wildman–Crippen MR) is 132 cm³/mol. The number of amides is 1. The molecular formula is C24H26ClN5O2S. The Labute approximate surface area is 202 Å². The summed E-state index contributed by atoms with van der Waals surface area (Å²) in [5.74, 6) is 0.955. The van der Waals surface area contributed by atoms with Crippen LogP contribution < -0.4 is 5.43 Å². The van der Waals surface area contributed by atoms with Crippen molar-refractivity contribution in [3.63, 3.8) is 0 Å². The molecule has 1 aliphatic rings. The van der Waals surface area contributed by atoms with Crippen molar-refractivity contribution in [1.29, 1.82) is 0 Å². The first kappa shape index (κ1) is 23.3. The lowest BCUT2D eigenvalue weighted by Crippen LogP contribution is -2.22. The average Bonchev–Trinajstić information content (AvgIpc) is 3.26. The summed E-state index contributed by atoms with van der Waals surface area (Å²) in [6, 6.07) is 14.6. The lowest BCUT2D eigenvalue weighted by Gasteiger charge is -2.25. The fourth-order valence-corrected chi connectivity index (χ4v) is 4.84. The molecule has 0 atom stereocenters. The normalized spacial score (nSPS) is 14.9. The van der Waals surface area contributed by atoms with E-state index < -0.39 is 0 Å². The van der Waals surface area contributed by atoms with Gasteiger partial charge < -0.3 is 5.11 Å². The Hall–Kier alpha value is -2.84. The van der Waals surface area contributed by atoms with Gasteiger partial charge in [-0.3, -0.25) is 9.36 Å². The fourth-order valence-electron chi connectivity index (χ4n) is 3.92. The number of hydrazone groups is 1. The van der Waals surface area contributed by atoms with Gasteiger partial charge in [0.2, 0.25) is 0 Å². The second-order valence-corrected chi connectivity index (χ2v) is 9.42. The SMILES string of the molecule is C/C(=N\NC(=O)CSc1nnc(-c2ccc(Cl)cc2)n1C1CCCCC1)c1ccc(O)cc1. The number of nitrogens with one attached hydrogen (secondary N) is 1. The number of phenolic OH excluding ortho intramolecular Hbond substituents is 1. The van der Waals surface area contributed by atoms with Gasteiger partial charge in [0.05, 0.1) is 11.5 Å². The van der Waals surface area contributed by atoms with Gasteiger partial charge in [0, 0.05) is 16.6 Å². The quantitative estimate of drug-likeness (QED) is 0.265. The first-order valence-corrected chi connectivity index (χ1v) is 12.3. The van der Waals surface area contributed by atoms with Gasteiger partial charge in [0.15, 0.2) is 11.0 Å². The number of hydrogen-bond acceptors (Lipinski definition) is 6. The second kappa shape index (κ2) is 10.9. The Morgan fingerprint density at radius 1 is 1.12 bits per heavy atom. The number of rotatable bonds is 7. The van der Waals surface area contributed by atoms with Crippen LogP contribution in [0.15, 0.2) is 58.8 Å². The molecule has 1 fully saturated rings. The highest BCUT2D eigenvalue weighted by molar-refractivity contribution is 7.99. The third kappa shape index (κ3) is 5.94. The van der Waals surface area contributed by atoms with Crippen LogP contribution in [0.25, 0.3) is 11.4 Å². The number of aromatic hydroxyl groups is 1. The van der Waals surface area contributed by atoms with Crippen molar-refractivity contribution in [2.45, 2.75) is 50.2 Å². The van der Waals surface area contributed by atoms with Crippen molar-refractivity contribution in [3.05, 3.63) is 59.1 Å². The topological polar surface area (TPSA) is 92.4 Å². The highest BCUT2D eigenvalue weighted by atomic mass is 35.5. The molecule has 0 unspecified atom stereocenters. The molecule has 1 aliphatic carbocycles. The minimum atomic E-state index is -0.218. The Morgan fingerprint density at radius 3 is 2.52 bits per heavy atom. The first-order chi connectivity index (χ1) is 16.0. The standard InChI is InChI=1S/C24H26ClN5O2S/c1-16(17-9-13-21(31)14-10-17)26-27-22(32)15-33-24-29-28-23(18-7-11-19(25)12-8-18)30(24)20-5-3-2-4-6-20/h7-14,20,31H,2-6,15H2,1H3,(H,27,32)/b26-16+. The molecule has 3 aromatic rings. The number of carbonyl (C=O) groups excluding carboxylic acids is 1. The first-order valence-electron chi connectivity index (χ1n) is 11.0. The van der Waals surface area contributed by atoms with Crippen LogP contribution >= 0.6 is 23.4 Å². The summed E-state index contributed by atoms with van der Waals surface area (Å²) >= 11 is 7.43. The van der Waals surface area contributed by atoms with Gasteiger partial charge in [-0.2, -0.15) is 5.10 Å². The zero-order valence-electron chi connectivity index (χ0n) is 18.4. The van der Waals surface area contributed by atoms with Crippen LogP contribution in [0.5, 0.6) is 5.75 Å². The number of hydrogen-bond donors (Lipinski definition) is 2. The van der Waals surface area contributed by atoms with Gasteiger partial charge in [0.25, 0.3) is 5.91 Å². The molecule has 2 aromatic carbocycles. The molecule has 1 heterocycles. The molecular weight excluding hydrogens is 458 g/mol. The van der Waals surface area contributed by atoms with Gasteiger partial charge in [-0.15, -0.1) is 10.2 Å². The molecule has 0 radical (unpaired) electrons. The lowest BCUT2D eigenvalue weighted by atomic mass is 9.95. The Kier molecular flexibility index (Phi) is 7.67. The minimum Gasteiger partial charge on any atom is -0.508 e. The maximum atomic E-state index is 12.5. The molecule has 1 amide bonds. The molecule has 0 saturated heterocycles. The van der Waals surface area contributed by atoms with Crippen LogP contribution in [0.4, 0.5) is 0 Å². The van der Waals surface area contributed by atoms with Crippen molar-refractivity contribution in [2.24, 2.45) is 5.10 Å². The second-order valence-electron chi connectivity index (χ2n) is 8.04. The third-order valence-corrected chi connectivity index (χ3v) is 6.87. The molecule has 1 saturated carbocycles. The van der Waals surface area contributed by atoms with Gasteiger partial charge in [-0.1, -0.05) is 42.6 Å². The summed E-state index contributed by atoms with van der Waals surface area (Å²) in [5.41, 5.74) is 5.04. The fraction of sp³-hybridized carbons (Fsp3) is 0.333. The van der Waals surface area contributed by atoms with Crippen molar-refractivity contribution in [1.82, 2.24) is 20.2 Å². The van der Waals surface area contributed by atoms with E-state index in [1.807, 2.05) is 24.3 Å². The molecule has 4 rings (SSSR count). The maximum absolute atomic E-state index is 12.5. The maximum Gasteiger partial charge on any atom is 0.250 e. The summed E-state index contributed by atoms with van der Waals surface area (Å²) in [4.78, 5) is 12.5. The summed E-state index contributed by atoms with van der Waals surface area (Å²) in [6.07, 6.45) is 5.76. The van der Waals surface area contributed by atoms with Crippen LogP contribution in [-0.2, 0) is 4.79 Å². The van der Waals surface area contributed by atoms with Gasteiger partial charge in [-0.25, -0.2) is 5.43 Å². The highest BCUT2D eigenvalue weighted by Crippen LogP contribution is 2.35. The monoisotopic (exact) mass is 483 g/mol. The van der Waals surface area contributed by atoms with Gasteiger partial charge in [-0.05, 0) is 73.9 Å². The Bertz CT molecular complexity index is 1120. The number of benzene rings is 2. The van der Waals surface area contributed by atoms with Crippen molar-refractivity contribution >= 4 is 35.0 Å². The van der Waals surface area contributed by atoms with Gasteiger partial charge >= 0.3 is 0 Å². The van der Waals surface area contributed by atoms with Crippen LogP contribution in [0, 0.1) is 0 Å². The van der Waals surface area contributed by atoms with Crippen LogP contribution in [0.1, 0.15) is 50.6 Å². The smallest absolute Gasteiger partial charge is 0.250 e. The molecule has 2 N–H and O–H groups in total. The van der Waals surface area contributed by atoms with E-state index >= 15 is 0 Å². The van der Waals surface area contributed by atoms with Crippen molar-refractivity contribution in [2.75, 3.05) is 5.75 Å². The molecule has 7 nitrogen and oxygen atoms in total.